The fourth-order valence-electron chi connectivity index (χ4n) is 1.74. The van der Waals surface area contributed by atoms with E-state index in [2.05, 4.69) is 14.3 Å². The van der Waals surface area contributed by atoms with Crippen molar-refractivity contribution in [3.63, 3.8) is 0 Å². The maximum atomic E-state index is 12.4. The van der Waals surface area contributed by atoms with Crippen molar-refractivity contribution in [3.05, 3.63) is 40.4 Å². The summed E-state index contributed by atoms with van der Waals surface area (Å²) in [6, 6.07) is 3.42. The molecule has 1 aromatic carbocycles. The predicted octanol–water partition coefficient (Wildman–Crippen LogP) is 1.58. The largest absolute Gasteiger partial charge is 0.478 e. The van der Waals surface area contributed by atoms with E-state index in [0.717, 1.165) is 17.6 Å². The number of aromatic carboxylic acids is 1. The molecule has 1 aromatic heterocycles. The number of carbonyl (C=O) groups is 1. The zero-order valence-electron chi connectivity index (χ0n) is 11.3. The Hall–Kier alpha value is -1.84. The first-order valence-corrected chi connectivity index (χ1v) is 8.26. The molecule has 0 saturated carbocycles. The Balaban J connectivity index is 2.35. The Morgan fingerprint density at radius 3 is 2.71 bits per heavy atom. The van der Waals surface area contributed by atoms with E-state index in [1.54, 1.807) is 19.2 Å². The van der Waals surface area contributed by atoms with Gasteiger partial charge in [0.1, 0.15) is 0 Å². The van der Waals surface area contributed by atoms with Crippen LogP contribution < -0.4 is 4.72 Å². The van der Waals surface area contributed by atoms with Crippen LogP contribution in [0.2, 0.25) is 0 Å². The zero-order chi connectivity index (χ0) is 15.6. The molecular weight excluding hydrogens is 314 g/mol. The van der Waals surface area contributed by atoms with Crippen LogP contribution in [0.4, 0.5) is 0 Å². The molecule has 1 unspecified atom stereocenters. The van der Waals surface area contributed by atoms with E-state index in [1.807, 2.05) is 0 Å². The molecule has 2 N–H and O–H groups in total. The van der Waals surface area contributed by atoms with Crippen molar-refractivity contribution in [3.8, 4) is 0 Å². The Morgan fingerprint density at radius 2 is 2.14 bits per heavy atom. The van der Waals surface area contributed by atoms with Gasteiger partial charge in [-0.2, -0.15) is 0 Å². The number of carboxylic acid groups (broad SMARTS) is 1. The highest BCUT2D eigenvalue weighted by Gasteiger charge is 2.22. The van der Waals surface area contributed by atoms with Gasteiger partial charge in [0.15, 0.2) is 0 Å². The van der Waals surface area contributed by atoms with Gasteiger partial charge in [0.25, 0.3) is 0 Å². The number of hydrogen-bond donors (Lipinski definition) is 2. The standard InChI is InChI=1S/C12H13N3O4S2/c1-7-3-4-9(12(16)17)5-11(7)21(18,19)14-8(2)10-6-20-15-13-10/h3-6,8,14H,1-2H3,(H,16,17). The molecule has 112 valence electrons. The van der Waals surface area contributed by atoms with Crippen LogP contribution in [-0.4, -0.2) is 29.1 Å². The second kappa shape index (κ2) is 5.88. The average Bonchev–Trinajstić information content (AvgIpc) is 2.92. The molecule has 9 heteroatoms. The van der Waals surface area contributed by atoms with Gasteiger partial charge in [0, 0.05) is 5.38 Å². The number of sulfonamides is 1. The molecule has 0 saturated heterocycles. The van der Waals surface area contributed by atoms with Crippen LogP contribution in [0.15, 0.2) is 28.5 Å². The van der Waals surface area contributed by atoms with Gasteiger partial charge < -0.3 is 5.11 Å². The van der Waals surface area contributed by atoms with Gasteiger partial charge in [-0.15, -0.1) is 5.10 Å². The summed E-state index contributed by atoms with van der Waals surface area (Å²) in [5.41, 5.74) is 0.899. The molecule has 0 radical (unpaired) electrons. The first-order chi connectivity index (χ1) is 9.81. The molecule has 0 aliphatic carbocycles. The molecule has 0 bridgehead atoms. The van der Waals surface area contributed by atoms with Crippen LogP contribution in [0.5, 0.6) is 0 Å². The first-order valence-electron chi connectivity index (χ1n) is 5.94. The van der Waals surface area contributed by atoms with E-state index in [4.69, 9.17) is 5.11 Å². The number of aromatic nitrogens is 2. The highest BCUT2D eigenvalue weighted by Crippen LogP contribution is 2.20. The van der Waals surface area contributed by atoms with Gasteiger partial charge in [-0.1, -0.05) is 10.6 Å². The maximum absolute atomic E-state index is 12.4. The Kier molecular flexibility index (Phi) is 4.35. The van der Waals surface area contributed by atoms with Crippen molar-refractivity contribution in [1.29, 1.82) is 0 Å². The van der Waals surface area contributed by atoms with Crippen molar-refractivity contribution in [2.24, 2.45) is 0 Å². The lowest BCUT2D eigenvalue weighted by Crippen LogP contribution is -2.28. The monoisotopic (exact) mass is 327 g/mol. The van der Waals surface area contributed by atoms with Crippen LogP contribution in [-0.2, 0) is 10.0 Å². The molecule has 0 amide bonds. The molecule has 0 spiro atoms. The van der Waals surface area contributed by atoms with Gasteiger partial charge in [0.2, 0.25) is 10.0 Å². The van der Waals surface area contributed by atoms with Crippen molar-refractivity contribution in [2.45, 2.75) is 24.8 Å². The SMILES string of the molecule is Cc1ccc(C(=O)O)cc1S(=O)(=O)NC(C)c1csnn1. The third-order valence-electron chi connectivity index (χ3n) is 2.88. The molecule has 7 nitrogen and oxygen atoms in total. The number of hydrogen-bond acceptors (Lipinski definition) is 6. The van der Waals surface area contributed by atoms with Crippen molar-refractivity contribution < 1.29 is 18.3 Å². The van der Waals surface area contributed by atoms with Crippen LogP contribution in [0, 0.1) is 6.92 Å². The maximum Gasteiger partial charge on any atom is 0.335 e. The summed E-state index contributed by atoms with van der Waals surface area (Å²) >= 11 is 1.13. The molecule has 2 rings (SSSR count). The number of aryl methyl sites for hydroxylation is 1. The summed E-state index contributed by atoms with van der Waals surface area (Å²) in [5, 5.41) is 14.4. The van der Waals surface area contributed by atoms with Crippen molar-refractivity contribution in [2.75, 3.05) is 0 Å². The Labute approximate surface area is 125 Å². The van der Waals surface area contributed by atoms with E-state index in [1.165, 1.54) is 12.1 Å². The highest BCUT2D eigenvalue weighted by molar-refractivity contribution is 7.89. The zero-order valence-corrected chi connectivity index (χ0v) is 12.9. The summed E-state index contributed by atoms with van der Waals surface area (Å²) in [6.45, 7) is 3.25. The topological polar surface area (TPSA) is 109 Å². The number of nitrogens with one attached hydrogen (secondary N) is 1. The predicted molar refractivity (Wildman–Crippen MR) is 76.8 cm³/mol. The molecule has 2 aromatic rings. The first kappa shape index (κ1) is 15.5. The van der Waals surface area contributed by atoms with E-state index in [-0.39, 0.29) is 10.5 Å². The lowest BCUT2D eigenvalue weighted by molar-refractivity contribution is 0.0696. The number of carboxylic acids is 1. The molecular formula is C12H13N3O4S2. The Morgan fingerprint density at radius 1 is 1.43 bits per heavy atom. The second-order valence-corrected chi connectivity index (χ2v) is 6.75. The summed E-state index contributed by atoms with van der Waals surface area (Å²) in [4.78, 5) is 10.9. The minimum atomic E-state index is -3.85. The van der Waals surface area contributed by atoms with Crippen molar-refractivity contribution >= 4 is 27.5 Å². The van der Waals surface area contributed by atoms with Crippen LogP contribution in [0.3, 0.4) is 0 Å². The van der Waals surface area contributed by atoms with Gasteiger partial charge in [0.05, 0.1) is 22.2 Å². The Bertz CT molecular complexity index is 757. The van der Waals surface area contributed by atoms with E-state index < -0.39 is 22.0 Å². The second-order valence-electron chi connectivity index (χ2n) is 4.46. The van der Waals surface area contributed by atoms with Crippen LogP contribution in [0.25, 0.3) is 0 Å². The average molecular weight is 327 g/mol. The van der Waals surface area contributed by atoms with Gasteiger partial charge in [-0.3, -0.25) is 0 Å². The smallest absolute Gasteiger partial charge is 0.335 e. The third-order valence-corrected chi connectivity index (χ3v) is 5.08. The normalized spacial score (nSPS) is 13.0. The fraction of sp³-hybridized carbons (Fsp3) is 0.250. The van der Waals surface area contributed by atoms with Gasteiger partial charge >= 0.3 is 5.97 Å². The van der Waals surface area contributed by atoms with Gasteiger partial charge in [-0.05, 0) is 43.1 Å². The quantitative estimate of drug-likeness (QED) is 0.863. The lowest BCUT2D eigenvalue weighted by atomic mass is 10.1. The summed E-state index contributed by atoms with van der Waals surface area (Å²) in [5.74, 6) is -1.18. The van der Waals surface area contributed by atoms with E-state index in [0.29, 0.717) is 11.3 Å². The highest BCUT2D eigenvalue weighted by atomic mass is 32.2. The minimum absolute atomic E-state index is 0.0579. The van der Waals surface area contributed by atoms with E-state index in [9.17, 15) is 13.2 Å². The van der Waals surface area contributed by atoms with Gasteiger partial charge in [-0.25, -0.2) is 17.9 Å². The fourth-order valence-corrected chi connectivity index (χ4v) is 3.77. The molecule has 1 atom stereocenters. The molecule has 21 heavy (non-hydrogen) atoms. The van der Waals surface area contributed by atoms with E-state index >= 15 is 0 Å². The molecule has 1 heterocycles. The minimum Gasteiger partial charge on any atom is -0.478 e. The summed E-state index contributed by atoms with van der Waals surface area (Å²) in [7, 11) is -3.85. The molecule has 0 fully saturated rings. The lowest BCUT2D eigenvalue weighted by Gasteiger charge is -2.14. The van der Waals surface area contributed by atoms with Crippen LogP contribution >= 0.6 is 11.5 Å². The third kappa shape index (κ3) is 3.43. The molecule has 0 aliphatic heterocycles. The molecule has 0 aliphatic rings. The van der Waals surface area contributed by atoms with Crippen LogP contribution in [0.1, 0.15) is 34.6 Å². The summed E-state index contributed by atoms with van der Waals surface area (Å²) in [6.07, 6.45) is 0. The number of rotatable bonds is 5. The van der Waals surface area contributed by atoms with Crippen molar-refractivity contribution in [1.82, 2.24) is 14.3 Å². The number of nitrogens with zero attached hydrogens (tertiary/aromatic N) is 2. The summed E-state index contributed by atoms with van der Waals surface area (Å²) < 4.78 is 30.9. The number of benzene rings is 1.